The molecule has 2 N–H and O–H groups in total. The molecule has 6 heterocycles. The molecule has 0 aliphatic carbocycles. The van der Waals surface area contributed by atoms with Gasteiger partial charge in [-0.15, -0.1) is 0 Å². The van der Waals surface area contributed by atoms with Crippen LogP contribution in [0.1, 0.15) is 177 Å². The predicted molar refractivity (Wildman–Crippen MR) is 312 cm³/mol. The third kappa shape index (κ3) is 15.5. The first-order chi connectivity index (χ1) is 36.0. The average molecular weight is 1050 g/mol. The first kappa shape index (κ1) is 59.9. The summed E-state index contributed by atoms with van der Waals surface area (Å²) in [5.74, 6) is 3.83. The van der Waals surface area contributed by atoms with Crippen molar-refractivity contribution in [1.29, 1.82) is 0 Å². The van der Waals surface area contributed by atoms with Crippen molar-refractivity contribution in [3.8, 4) is 34.0 Å². The Bertz CT molecular complexity index is 2910. The zero-order valence-corrected chi connectivity index (χ0v) is 49.9. The number of benzene rings is 2. The first-order valence-electron chi connectivity index (χ1n) is 27.6. The number of pyridine rings is 2. The number of carbonyl (C=O) groups excluding carboxylic acids is 1. The number of ether oxygens (including phenoxy) is 2. The maximum absolute atomic E-state index is 12.9. The first-order valence-corrected chi connectivity index (χ1v) is 27.6. The Balaban J connectivity index is 0.000000214. The zero-order valence-electron chi connectivity index (χ0n) is 49.9. The van der Waals surface area contributed by atoms with Gasteiger partial charge >= 0.3 is 5.97 Å². The molecule has 0 unspecified atom stereocenters. The minimum absolute atomic E-state index is 0.00595. The van der Waals surface area contributed by atoms with Crippen LogP contribution in [-0.2, 0) is 44.3 Å². The largest absolute Gasteiger partial charge is 0.496 e. The van der Waals surface area contributed by atoms with Gasteiger partial charge in [-0.25, -0.2) is 9.97 Å². The van der Waals surface area contributed by atoms with E-state index >= 15 is 0 Å². The molecule has 8 rings (SSSR count). The highest BCUT2D eigenvalue weighted by atomic mass is 16.5. The van der Waals surface area contributed by atoms with E-state index in [1.807, 2.05) is 36.4 Å². The summed E-state index contributed by atoms with van der Waals surface area (Å²) in [7, 11) is 3.56. The van der Waals surface area contributed by atoms with Crippen LogP contribution < -0.4 is 14.8 Å². The van der Waals surface area contributed by atoms with Crippen LogP contribution in [0.15, 0.2) is 73.1 Å². The number of nitrogens with zero attached hydrogens (tertiary/aromatic N) is 7. The van der Waals surface area contributed by atoms with Crippen LogP contribution in [0.3, 0.4) is 0 Å². The lowest BCUT2D eigenvalue weighted by Gasteiger charge is -2.32. The zero-order chi connectivity index (χ0) is 56.8. The van der Waals surface area contributed by atoms with Crippen LogP contribution in [0.4, 0.5) is 0 Å². The minimum atomic E-state index is -0.842. The summed E-state index contributed by atoms with van der Waals surface area (Å²) in [6, 6.07) is 21.9. The van der Waals surface area contributed by atoms with Crippen molar-refractivity contribution in [2.75, 3.05) is 40.4 Å². The number of likely N-dealkylation sites (tertiary alicyclic amines) is 1. The number of carboxylic acid groups (broad SMARTS) is 1. The lowest BCUT2D eigenvalue weighted by molar-refractivity contribution is -0.137. The lowest BCUT2D eigenvalue weighted by Crippen LogP contribution is -2.39. The number of aryl methyl sites for hydroxylation is 4. The highest BCUT2D eigenvalue weighted by molar-refractivity contribution is 5.76. The number of carboxylic acids is 1. The molecule has 6 aromatic rings. The van der Waals surface area contributed by atoms with Gasteiger partial charge in [-0.1, -0.05) is 95.2 Å². The van der Waals surface area contributed by atoms with Crippen LogP contribution in [0.25, 0.3) is 22.5 Å². The topological polar surface area (TPSA) is 150 Å². The van der Waals surface area contributed by atoms with Crippen molar-refractivity contribution < 1.29 is 24.2 Å². The van der Waals surface area contributed by atoms with Gasteiger partial charge in [0, 0.05) is 82.1 Å². The van der Waals surface area contributed by atoms with Crippen LogP contribution in [0, 0.1) is 27.7 Å². The third-order valence-electron chi connectivity index (χ3n) is 14.8. The van der Waals surface area contributed by atoms with E-state index in [1.54, 1.807) is 31.9 Å². The van der Waals surface area contributed by atoms with E-state index in [0.717, 1.165) is 96.2 Å². The van der Waals surface area contributed by atoms with E-state index < -0.39 is 5.97 Å². The fraction of sp³-hybridized carbons (Fsp3) is 0.531. The van der Waals surface area contributed by atoms with Crippen LogP contribution in [-0.4, -0.2) is 91.4 Å². The van der Waals surface area contributed by atoms with E-state index in [1.165, 1.54) is 46.4 Å². The molecule has 13 nitrogen and oxygen atoms in total. The number of methoxy groups -OCH3 is 2. The maximum atomic E-state index is 12.9. The van der Waals surface area contributed by atoms with Crippen molar-refractivity contribution in [3.63, 3.8) is 0 Å². The molecular formula is C64H90N8O5. The van der Waals surface area contributed by atoms with E-state index in [0.29, 0.717) is 18.4 Å². The number of amides is 1. The predicted octanol–water partition coefficient (Wildman–Crippen LogP) is 13.0. The number of nitrogens with one attached hydrogen (secondary N) is 1. The molecule has 416 valence electrons. The third-order valence-corrected chi connectivity index (χ3v) is 14.8. The number of aliphatic carboxylic acids is 1. The summed E-state index contributed by atoms with van der Waals surface area (Å²) < 4.78 is 15.4. The summed E-state index contributed by atoms with van der Waals surface area (Å²) >= 11 is 0. The maximum Gasteiger partial charge on any atom is 0.323 e. The SMILES string of the molecule is COc1c(C(C)(C)C)cc(-c2cccc(C3CCN(C(=O)Cn4cc(C)nc4C)CC3)n2)cc1C(C)(C)C.COc1c(C(C)(C)C)cc(-c2cccc(C3CCNCC3)n2)cc1C(C)(C)C.Cc1cn(CC(=O)O)c(C)n1. The van der Waals surface area contributed by atoms with Crippen LogP contribution >= 0.6 is 0 Å². The van der Waals surface area contributed by atoms with Crippen molar-refractivity contribution in [1.82, 2.24) is 39.3 Å². The molecule has 0 bridgehead atoms. The second kappa shape index (κ2) is 24.5. The van der Waals surface area contributed by atoms with Gasteiger partial charge in [0.15, 0.2) is 0 Å². The minimum Gasteiger partial charge on any atom is -0.496 e. The van der Waals surface area contributed by atoms with Crippen LogP contribution in [0.5, 0.6) is 11.5 Å². The average Bonchev–Trinajstić information content (AvgIpc) is 3.87. The Hall–Kier alpha value is -6.34. The molecule has 13 heteroatoms. The molecule has 2 fully saturated rings. The fourth-order valence-corrected chi connectivity index (χ4v) is 10.5. The van der Waals surface area contributed by atoms with E-state index in [4.69, 9.17) is 24.5 Å². The van der Waals surface area contributed by atoms with E-state index in [9.17, 15) is 9.59 Å². The monoisotopic (exact) mass is 1050 g/mol. The molecular weight excluding hydrogens is 961 g/mol. The molecule has 2 aliphatic rings. The Morgan fingerprint density at radius 2 is 0.922 bits per heavy atom. The summed E-state index contributed by atoms with van der Waals surface area (Å²) in [6.45, 7) is 38.5. The van der Waals surface area contributed by atoms with Gasteiger partial charge in [-0.2, -0.15) is 0 Å². The van der Waals surface area contributed by atoms with Gasteiger partial charge in [-0.3, -0.25) is 19.6 Å². The van der Waals surface area contributed by atoms with Crippen molar-refractivity contribution in [3.05, 3.63) is 130 Å². The van der Waals surface area contributed by atoms with Crippen LogP contribution in [0.2, 0.25) is 0 Å². The Morgan fingerprint density at radius 3 is 1.25 bits per heavy atom. The molecule has 77 heavy (non-hydrogen) atoms. The highest BCUT2D eigenvalue weighted by Gasteiger charge is 2.31. The normalized spacial score (nSPS) is 14.8. The van der Waals surface area contributed by atoms with Gasteiger partial charge in [0.05, 0.1) is 37.0 Å². The molecule has 0 spiro atoms. The molecule has 0 radical (unpaired) electrons. The van der Waals surface area contributed by atoms with Gasteiger partial charge in [-0.05, 0) is 137 Å². The number of hydrogen-bond acceptors (Lipinski definition) is 9. The number of aromatic nitrogens is 6. The summed E-state index contributed by atoms with van der Waals surface area (Å²) in [6.07, 6.45) is 7.85. The summed E-state index contributed by atoms with van der Waals surface area (Å²) in [5, 5.41) is 11.9. The number of hydrogen-bond donors (Lipinski definition) is 2. The van der Waals surface area contributed by atoms with E-state index in [2.05, 4.69) is 159 Å². The number of carbonyl (C=O) groups is 2. The van der Waals surface area contributed by atoms with Crippen molar-refractivity contribution in [2.24, 2.45) is 0 Å². The second-order valence-corrected chi connectivity index (χ2v) is 25.3. The smallest absolute Gasteiger partial charge is 0.323 e. The van der Waals surface area contributed by atoms with Crippen molar-refractivity contribution in [2.45, 2.75) is 183 Å². The Morgan fingerprint density at radius 1 is 0.558 bits per heavy atom. The molecule has 2 aliphatic heterocycles. The Labute approximate surface area is 460 Å². The number of imidazole rings is 2. The second-order valence-electron chi connectivity index (χ2n) is 25.3. The summed E-state index contributed by atoms with van der Waals surface area (Å²) in [5.41, 5.74) is 13.2. The lowest BCUT2D eigenvalue weighted by atomic mass is 9.78. The summed E-state index contributed by atoms with van der Waals surface area (Å²) in [4.78, 5) is 44.0. The highest BCUT2D eigenvalue weighted by Crippen LogP contribution is 2.44. The molecule has 0 atom stereocenters. The number of rotatable bonds is 10. The van der Waals surface area contributed by atoms with E-state index in [-0.39, 0.29) is 34.1 Å². The van der Waals surface area contributed by atoms with Gasteiger partial charge in [0.2, 0.25) is 5.91 Å². The quantitative estimate of drug-likeness (QED) is 0.136. The molecule has 2 saturated heterocycles. The fourth-order valence-electron chi connectivity index (χ4n) is 10.5. The van der Waals surface area contributed by atoms with Gasteiger partial charge < -0.3 is 33.9 Å². The van der Waals surface area contributed by atoms with Gasteiger partial charge in [0.1, 0.15) is 36.2 Å². The Kier molecular flexibility index (Phi) is 19.1. The molecule has 4 aromatic heterocycles. The number of piperidine rings is 2. The standard InChI is InChI=1S/C32H44N4O2.C25H36N2O.C7H10N2O2/c1-21-19-36(22(2)33-21)20-29(37)35-15-13-23(14-16-35)27-11-10-12-28(34-27)24-17-25(31(3,4)5)30(38-9)26(18-24)32(6,7)8;1-24(2,3)19-15-18(16-20(23(19)28-7)25(4,5)6)22-10-8-9-21(27-22)17-11-13-26-14-12-17;1-5-3-9(4-7(10)11)6(2)8-5/h10-12,17-19,23H,13-16,20H2,1-9H3;8-10,15-17,26H,11-14H2,1-7H3;3H,4H2,1-2H3,(H,10,11). The van der Waals surface area contributed by atoms with Crippen molar-refractivity contribution >= 4 is 11.9 Å². The molecule has 0 saturated carbocycles. The molecule has 2 aromatic carbocycles. The van der Waals surface area contributed by atoms with Gasteiger partial charge in [0.25, 0.3) is 0 Å². The molecule has 1 amide bonds.